The van der Waals surface area contributed by atoms with Gasteiger partial charge in [-0.1, -0.05) is 15.9 Å². The summed E-state index contributed by atoms with van der Waals surface area (Å²) in [5.74, 6) is -0.315. The Labute approximate surface area is 165 Å². The van der Waals surface area contributed by atoms with Crippen LogP contribution in [0.25, 0.3) is 0 Å². The van der Waals surface area contributed by atoms with E-state index in [0.29, 0.717) is 37.3 Å². The molecule has 0 unspecified atom stereocenters. The first-order valence-electron chi connectivity index (χ1n) is 8.67. The molecule has 8 heteroatoms. The largest absolute Gasteiger partial charge is 0.472 e. The molecule has 0 saturated carbocycles. The van der Waals surface area contributed by atoms with Gasteiger partial charge in [-0.2, -0.15) is 0 Å². The molecule has 1 aliphatic rings. The summed E-state index contributed by atoms with van der Waals surface area (Å²) < 4.78 is 5.84. The molecular formula is C19H20BrN3O4. The number of hydrogen-bond donors (Lipinski definition) is 1. The molecule has 7 nitrogen and oxygen atoms in total. The van der Waals surface area contributed by atoms with E-state index in [4.69, 9.17) is 4.42 Å². The number of nitrogens with one attached hydrogen (secondary N) is 1. The Morgan fingerprint density at radius 3 is 2.26 bits per heavy atom. The zero-order valence-corrected chi connectivity index (χ0v) is 16.3. The SMILES string of the molecule is O=C(NCCC(=O)N1CCN(C(=O)c2ccoc2)CC1)c1ccc(Br)cc1. The monoisotopic (exact) mass is 433 g/mol. The van der Waals surface area contributed by atoms with Gasteiger partial charge in [0.25, 0.3) is 11.8 Å². The second-order valence-electron chi connectivity index (χ2n) is 6.20. The fourth-order valence-corrected chi connectivity index (χ4v) is 3.14. The summed E-state index contributed by atoms with van der Waals surface area (Å²) in [6.45, 7) is 2.23. The Morgan fingerprint density at radius 1 is 0.963 bits per heavy atom. The van der Waals surface area contributed by atoms with Crippen LogP contribution >= 0.6 is 15.9 Å². The van der Waals surface area contributed by atoms with Gasteiger partial charge in [0.2, 0.25) is 5.91 Å². The number of furan rings is 1. The predicted octanol–water partition coefficient (Wildman–Crippen LogP) is 2.15. The minimum atomic E-state index is -0.203. The minimum absolute atomic E-state index is 0.0264. The zero-order chi connectivity index (χ0) is 19.2. The molecule has 0 spiro atoms. The smallest absolute Gasteiger partial charge is 0.257 e. The molecular weight excluding hydrogens is 414 g/mol. The first-order valence-corrected chi connectivity index (χ1v) is 9.47. The molecule has 0 bridgehead atoms. The lowest BCUT2D eigenvalue weighted by Gasteiger charge is -2.34. The lowest BCUT2D eigenvalue weighted by molar-refractivity contribution is -0.132. The Morgan fingerprint density at radius 2 is 1.63 bits per heavy atom. The second kappa shape index (κ2) is 8.85. The fourth-order valence-electron chi connectivity index (χ4n) is 2.87. The van der Waals surface area contributed by atoms with Crippen molar-refractivity contribution < 1.29 is 18.8 Å². The van der Waals surface area contributed by atoms with Crippen molar-refractivity contribution >= 4 is 33.7 Å². The van der Waals surface area contributed by atoms with Crippen LogP contribution in [0.2, 0.25) is 0 Å². The first-order chi connectivity index (χ1) is 13.0. The van der Waals surface area contributed by atoms with Gasteiger partial charge in [0.05, 0.1) is 11.8 Å². The molecule has 2 heterocycles. The van der Waals surface area contributed by atoms with E-state index in [0.717, 1.165) is 4.47 Å². The van der Waals surface area contributed by atoms with E-state index in [1.807, 2.05) is 0 Å². The maximum Gasteiger partial charge on any atom is 0.257 e. The molecule has 1 fully saturated rings. The number of nitrogens with zero attached hydrogens (tertiary/aromatic N) is 2. The Hall–Kier alpha value is -2.61. The topological polar surface area (TPSA) is 82.9 Å². The van der Waals surface area contributed by atoms with Crippen LogP contribution in [0.5, 0.6) is 0 Å². The van der Waals surface area contributed by atoms with Crippen molar-refractivity contribution in [1.29, 1.82) is 0 Å². The summed E-state index contributed by atoms with van der Waals surface area (Å²) in [6, 6.07) is 8.66. The lowest BCUT2D eigenvalue weighted by atomic mass is 10.2. The molecule has 3 rings (SSSR count). The van der Waals surface area contributed by atoms with Gasteiger partial charge in [-0.05, 0) is 30.3 Å². The maximum atomic E-state index is 12.3. The summed E-state index contributed by atoms with van der Waals surface area (Å²) in [5, 5.41) is 2.76. The molecule has 1 aromatic heterocycles. The lowest BCUT2D eigenvalue weighted by Crippen LogP contribution is -2.51. The molecule has 142 valence electrons. The highest BCUT2D eigenvalue weighted by Crippen LogP contribution is 2.11. The fraction of sp³-hybridized carbons (Fsp3) is 0.316. The quantitative estimate of drug-likeness (QED) is 0.782. The number of carbonyl (C=O) groups excluding carboxylic acids is 3. The normalized spacial score (nSPS) is 14.1. The van der Waals surface area contributed by atoms with Gasteiger partial charge >= 0.3 is 0 Å². The van der Waals surface area contributed by atoms with Crippen LogP contribution in [0.3, 0.4) is 0 Å². The standard InChI is InChI=1S/C19H20BrN3O4/c20-16-3-1-14(2-4-16)18(25)21-7-5-17(24)22-8-10-23(11-9-22)19(26)15-6-12-27-13-15/h1-4,6,12-13H,5,7-11H2,(H,21,25). The van der Waals surface area contributed by atoms with Crippen LogP contribution < -0.4 is 5.32 Å². The van der Waals surface area contributed by atoms with Crippen LogP contribution in [0.4, 0.5) is 0 Å². The molecule has 1 saturated heterocycles. The highest BCUT2D eigenvalue weighted by atomic mass is 79.9. The molecule has 1 aliphatic heterocycles. The van der Waals surface area contributed by atoms with Crippen LogP contribution in [0.1, 0.15) is 27.1 Å². The Kier molecular flexibility index (Phi) is 6.28. The van der Waals surface area contributed by atoms with Gasteiger partial charge in [0.15, 0.2) is 0 Å². The van der Waals surface area contributed by atoms with Crippen molar-refractivity contribution in [2.75, 3.05) is 32.7 Å². The van der Waals surface area contributed by atoms with E-state index in [-0.39, 0.29) is 30.7 Å². The summed E-state index contributed by atoms with van der Waals surface area (Å²) in [4.78, 5) is 40.0. The number of benzene rings is 1. The van der Waals surface area contributed by atoms with Crippen LogP contribution in [0, 0.1) is 0 Å². The van der Waals surface area contributed by atoms with Crippen molar-refractivity contribution in [2.45, 2.75) is 6.42 Å². The third-order valence-corrected chi connectivity index (χ3v) is 4.95. The number of amides is 3. The second-order valence-corrected chi connectivity index (χ2v) is 7.11. The van der Waals surface area contributed by atoms with E-state index >= 15 is 0 Å². The van der Waals surface area contributed by atoms with E-state index in [2.05, 4.69) is 21.2 Å². The van der Waals surface area contributed by atoms with Crippen LogP contribution in [-0.2, 0) is 4.79 Å². The van der Waals surface area contributed by atoms with E-state index < -0.39 is 0 Å². The average Bonchev–Trinajstić information content (AvgIpc) is 3.22. The van der Waals surface area contributed by atoms with Gasteiger partial charge < -0.3 is 19.5 Å². The Bertz CT molecular complexity index is 797. The van der Waals surface area contributed by atoms with Crippen molar-refractivity contribution in [3.05, 3.63) is 58.5 Å². The van der Waals surface area contributed by atoms with Gasteiger partial charge in [0.1, 0.15) is 6.26 Å². The molecule has 0 atom stereocenters. The molecule has 3 amide bonds. The first kappa shape index (κ1) is 19.2. The van der Waals surface area contributed by atoms with Crippen molar-refractivity contribution in [3.63, 3.8) is 0 Å². The van der Waals surface area contributed by atoms with Gasteiger partial charge in [-0.15, -0.1) is 0 Å². The zero-order valence-electron chi connectivity index (χ0n) is 14.7. The molecule has 0 aliphatic carbocycles. The molecule has 27 heavy (non-hydrogen) atoms. The Balaban J connectivity index is 1.40. The van der Waals surface area contributed by atoms with Crippen LogP contribution in [0.15, 0.2) is 51.7 Å². The number of carbonyl (C=O) groups is 3. The molecule has 1 N–H and O–H groups in total. The summed E-state index contributed by atoms with van der Waals surface area (Å²) >= 11 is 3.32. The van der Waals surface area contributed by atoms with Crippen molar-refractivity contribution in [3.8, 4) is 0 Å². The van der Waals surface area contributed by atoms with Gasteiger partial charge in [-0.3, -0.25) is 14.4 Å². The highest BCUT2D eigenvalue weighted by molar-refractivity contribution is 9.10. The van der Waals surface area contributed by atoms with Crippen molar-refractivity contribution in [1.82, 2.24) is 15.1 Å². The number of hydrogen-bond acceptors (Lipinski definition) is 4. The average molecular weight is 434 g/mol. The van der Waals surface area contributed by atoms with Gasteiger partial charge in [0, 0.05) is 49.2 Å². The van der Waals surface area contributed by atoms with E-state index in [1.165, 1.54) is 12.5 Å². The van der Waals surface area contributed by atoms with E-state index in [1.54, 1.807) is 40.1 Å². The minimum Gasteiger partial charge on any atom is -0.472 e. The van der Waals surface area contributed by atoms with Gasteiger partial charge in [-0.25, -0.2) is 0 Å². The third-order valence-electron chi connectivity index (χ3n) is 4.42. The highest BCUT2D eigenvalue weighted by Gasteiger charge is 2.25. The number of halogens is 1. The van der Waals surface area contributed by atoms with Crippen LogP contribution in [-0.4, -0.2) is 60.2 Å². The number of rotatable bonds is 5. The summed E-state index contributed by atoms with van der Waals surface area (Å²) in [6.07, 6.45) is 3.13. The molecule has 2 aromatic rings. The number of piperazine rings is 1. The summed E-state index contributed by atoms with van der Waals surface area (Å²) in [7, 11) is 0. The molecule has 0 radical (unpaired) electrons. The predicted molar refractivity (Wildman–Crippen MR) is 102 cm³/mol. The van der Waals surface area contributed by atoms with Crippen molar-refractivity contribution in [2.24, 2.45) is 0 Å². The summed E-state index contributed by atoms with van der Waals surface area (Å²) in [5.41, 5.74) is 1.07. The maximum absolute atomic E-state index is 12.3. The van der Waals surface area contributed by atoms with E-state index in [9.17, 15) is 14.4 Å². The molecule has 1 aromatic carbocycles. The third kappa shape index (κ3) is 4.97.